The van der Waals surface area contributed by atoms with Crippen molar-refractivity contribution in [1.29, 1.82) is 0 Å². The molecule has 0 aliphatic carbocycles. The van der Waals surface area contributed by atoms with Crippen molar-refractivity contribution in [2.24, 2.45) is 0 Å². The topological polar surface area (TPSA) is 53.6 Å². The Morgan fingerprint density at radius 2 is 1.86 bits per heavy atom. The second-order valence-corrected chi connectivity index (χ2v) is 4.16. The van der Waals surface area contributed by atoms with Crippen LogP contribution in [0.3, 0.4) is 0 Å². The predicted octanol–water partition coefficient (Wildman–Crippen LogP) is 3.06. The molecule has 2 heterocycles. The van der Waals surface area contributed by atoms with Crippen LogP contribution in [-0.4, -0.2) is 10.2 Å². The average molecular weight is 206 g/mol. The van der Waals surface area contributed by atoms with Crippen molar-refractivity contribution >= 4 is 32.4 Å². The summed E-state index contributed by atoms with van der Waals surface area (Å²) >= 11 is 1.31. The Kier molecular flexibility index (Phi) is 1.33. The van der Waals surface area contributed by atoms with Crippen molar-refractivity contribution in [3.8, 4) is 11.0 Å². The molecular weight excluding hydrogens is 200 g/mol. The first kappa shape index (κ1) is 7.70. The summed E-state index contributed by atoms with van der Waals surface area (Å²) in [7, 11) is 0. The summed E-state index contributed by atoms with van der Waals surface area (Å²) in [6.45, 7) is 0. The summed E-state index contributed by atoms with van der Waals surface area (Å²) in [6, 6.07) is 6.93. The zero-order chi connectivity index (χ0) is 9.71. The fourth-order valence-corrected chi connectivity index (χ4v) is 2.38. The number of benzene rings is 1. The number of rotatable bonds is 0. The fraction of sp³-hybridized carbons (Fsp3) is 0. The Morgan fingerprint density at radius 3 is 2.71 bits per heavy atom. The third-order valence-electron chi connectivity index (χ3n) is 2.13. The minimum atomic E-state index is -0.0816. The van der Waals surface area contributed by atoms with Crippen LogP contribution >= 0.6 is 11.3 Å². The number of fused-ring (bicyclic) bond motifs is 2. The Bertz CT molecular complexity index is 518. The Balaban J connectivity index is 2.49. The van der Waals surface area contributed by atoms with Gasteiger partial charge in [0, 0.05) is 21.5 Å². The van der Waals surface area contributed by atoms with E-state index >= 15 is 0 Å². The van der Waals surface area contributed by atoms with E-state index in [-0.39, 0.29) is 11.0 Å². The summed E-state index contributed by atoms with van der Waals surface area (Å²) in [5, 5.41) is 20.5. The highest BCUT2D eigenvalue weighted by atomic mass is 32.1. The van der Waals surface area contributed by atoms with Gasteiger partial charge in [-0.25, -0.2) is 0 Å². The summed E-state index contributed by atoms with van der Waals surface area (Å²) in [5.74, 6) is -0.0816. The molecule has 0 unspecified atom stereocenters. The number of furan rings is 1. The van der Waals surface area contributed by atoms with E-state index in [1.165, 1.54) is 11.3 Å². The van der Waals surface area contributed by atoms with Crippen molar-refractivity contribution in [2.45, 2.75) is 0 Å². The van der Waals surface area contributed by atoms with E-state index in [2.05, 4.69) is 0 Å². The molecule has 14 heavy (non-hydrogen) atoms. The molecule has 0 bridgehead atoms. The average Bonchev–Trinajstić information content (AvgIpc) is 2.59. The molecule has 4 heteroatoms. The van der Waals surface area contributed by atoms with Crippen LogP contribution in [0.15, 0.2) is 28.7 Å². The molecule has 0 spiro atoms. The largest absolute Gasteiger partial charge is 0.499 e. The molecule has 3 aromatic rings. The van der Waals surface area contributed by atoms with Gasteiger partial charge in [0.05, 0.1) is 0 Å². The van der Waals surface area contributed by atoms with E-state index in [0.29, 0.717) is 5.58 Å². The predicted molar refractivity (Wildman–Crippen MR) is 54.9 cm³/mol. The van der Waals surface area contributed by atoms with E-state index in [4.69, 9.17) is 9.52 Å². The summed E-state index contributed by atoms with van der Waals surface area (Å²) in [5.41, 5.74) is 0.632. The molecule has 3 rings (SSSR count). The van der Waals surface area contributed by atoms with Crippen molar-refractivity contribution in [3.63, 3.8) is 0 Å². The minimum absolute atomic E-state index is 0.0816. The molecule has 70 valence electrons. The maximum atomic E-state index is 9.29. The van der Waals surface area contributed by atoms with E-state index in [1.807, 2.05) is 6.07 Å². The third-order valence-corrected chi connectivity index (χ3v) is 3.03. The summed E-state index contributed by atoms with van der Waals surface area (Å²) < 4.78 is 6.05. The number of aromatic hydroxyl groups is 2. The van der Waals surface area contributed by atoms with Crippen molar-refractivity contribution in [3.05, 3.63) is 24.3 Å². The van der Waals surface area contributed by atoms with E-state index < -0.39 is 0 Å². The molecular formula is C10H6O3S. The summed E-state index contributed by atoms with van der Waals surface area (Å²) in [6.07, 6.45) is 0. The highest BCUT2D eigenvalue weighted by Crippen LogP contribution is 2.35. The van der Waals surface area contributed by atoms with Gasteiger partial charge in [-0.2, -0.15) is 0 Å². The fourth-order valence-electron chi connectivity index (χ4n) is 1.54. The Morgan fingerprint density at radius 1 is 1.00 bits per heavy atom. The number of hydrogen-bond acceptors (Lipinski definition) is 4. The van der Waals surface area contributed by atoms with Crippen molar-refractivity contribution < 1.29 is 14.6 Å². The first-order valence-corrected chi connectivity index (χ1v) is 4.89. The Hall–Kier alpha value is -1.68. The second-order valence-electron chi connectivity index (χ2n) is 3.10. The minimum Gasteiger partial charge on any atom is -0.499 e. The van der Waals surface area contributed by atoms with Gasteiger partial charge in [-0.1, -0.05) is 11.3 Å². The lowest BCUT2D eigenvalue weighted by atomic mass is 10.2. The molecule has 0 amide bonds. The molecule has 2 N–H and O–H groups in total. The SMILES string of the molecule is Oc1cc2cc3sc(O)cc3cc2o1. The van der Waals surface area contributed by atoms with E-state index in [0.717, 1.165) is 15.5 Å². The second kappa shape index (κ2) is 2.42. The molecule has 0 atom stereocenters. The van der Waals surface area contributed by atoms with Crippen LogP contribution in [0.1, 0.15) is 0 Å². The number of thiophene rings is 1. The monoisotopic (exact) mass is 206 g/mol. The van der Waals surface area contributed by atoms with Crippen LogP contribution in [0, 0.1) is 0 Å². The van der Waals surface area contributed by atoms with Crippen LogP contribution in [0.25, 0.3) is 21.1 Å². The smallest absolute Gasteiger partial charge is 0.282 e. The molecule has 0 aliphatic heterocycles. The van der Waals surface area contributed by atoms with Gasteiger partial charge in [-0.05, 0) is 18.2 Å². The van der Waals surface area contributed by atoms with E-state index in [9.17, 15) is 5.11 Å². The van der Waals surface area contributed by atoms with Gasteiger partial charge in [-0.15, -0.1) is 0 Å². The molecule has 0 fully saturated rings. The maximum absolute atomic E-state index is 9.29. The van der Waals surface area contributed by atoms with Gasteiger partial charge in [0.25, 0.3) is 5.95 Å². The molecule has 2 aromatic heterocycles. The van der Waals surface area contributed by atoms with Gasteiger partial charge in [0.15, 0.2) is 5.06 Å². The molecule has 0 radical (unpaired) electrons. The van der Waals surface area contributed by atoms with Gasteiger partial charge < -0.3 is 14.6 Å². The molecule has 1 aromatic carbocycles. The quantitative estimate of drug-likeness (QED) is 0.594. The highest BCUT2D eigenvalue weighted by molar-refractivity contribution is 7.20. The molecule has 0 saturated carbocycles. The first-order chi connectivity index (χ1) is 6.72. The van der Waals surface area contributed by atoms with Crippen LogP contribution in [0.5, 0.6) is 11.0 Å². The maximum Gasteiger partial charge on any atom is 0.282 e. The van der Waals surface area contributed by atoms with Crippen molar-refractivity contribution in [1.82, 2.24) is 0 Å². The zero-order valence-corrected chi connectivity index (χ0v) is 7.84. The van der Waals surface area contributed by atoms with Gasteiger partial charge in [0.1, 0.15) is 5.58 Å². The standard InChI is InChI=1S/C10H6O3S/c11-9-3-5-2-8-6(1-7(5)13-9)4-10(12)14-8/h1-4,11-12H. The normalized spacial score (nSPS) is 11.4. The number of hydrogen-bond donors (Lipinski definition) is 2. The molecule has 0 saturated heterocycles. The summed E-state index contributed by atoms with van der Waals surface area (Å²) in [4.78, 5) is 0. The van der Waals surface area contributed by atoms with Gasteiger partial charge in [-0.3, -0.25) is 0 Å². The molecule has 3 nitrogen and oxygen atoms in total. The van der Waals surface area contributed by atoms with Crippen LogP contribution in [-0.2, 0) is 0 Å². The molecule has 0 aliphatic rings. The zero-order valence-electron chi connectivity index (χ0n) is 7.02. The van der Waals surface area contributed by atoms with Gasteiger partial charge >= 0.3 is 0 Å². The van der Waals surface area contributed by atoms with Crippen LogP contribution in [0.4, 0.5) is 0 Å². The van der Waals surface area contributed by atoms with Crippen LogP contribution in [0.2, 0.25) is 0 Å². The first-order valence-electron chi connectivity index (χ1n) is 4.07. The lowest BCUT2D eigenvalue weighted by Crippen LogP contribution is -1.63. The lowest BCUT2D eigenvalue weighted by molar-refractivity contribution is 0.346. The van der Waals surface area contributed by atoms with Crippen LogP contribution < -0.4 is 0 Å². The highest BCUT2D eigenvalue weighted by Gasteiger charge is 2.06. The Labute approximate surface area is 82.8 Å². The third kappa shape index (κ3) is 0.975. The van der Waals surface area contributed by atoms with Crippen molar-refractivity contribution in [2.75, 3.05) is 0 Å². The van der Waals surface area contributed by atoms with E-state index in [1.54, 1.807) is 18.2 Å². The lowest BCUT2D eigenvalue weighted by Gasteiger charge is -1.87. The van der Waals surface area contributed by atoms with Gasteiger partial charge in [0.2, 0.25) is 0 Å².